The summed E-state index contributed by atoms with van der Waals surface area (Å²) < 4.78 is 17.9. The minimum absolute atomic E-state index is 0.0218. The lowest BCUT2D eigenvalue weighted by Gasteiger charge is -2.31. The number of methoxy groups -OCH3 is 1. The van der Waals surface area contributed by atoms with Gasteiger partial charge in [-0.3, -0.25) is 14.4 Å². The van der Waals surface area contributed by atoms with Crippen molar-refractivity contribution in [3.63, 3.8) is 0 Å². The van der Waals surface area contributed by atoms with Crippen molar-refractivity contribution in [2.45, 2.75) is 12.8 Å². The average molecular weight is 435 g/mol. The standard InChI is InChI=1S/C19H22FN5O4S/c1-29-10-8-21-15(26)12-3-2-9-25(11-12)19(28)18-24-23-17(30-18)16(27)22-14-6-4-13(20)5-7-14/h4-7,12H,2-3,8-11H2,1H3,(H,21,26)(H,22,27)/t12-/m1/s1. The zero-order chi connectivity index (χ0) is 21.5. The summed E-state index contributed by atoms with van der Waals surface area (Å²) in [4.78, 5) is 38.9. The van der Waals surface area contributed by atoms with Gasteiger partial charge in [0.05, 0.1) is 12.5 Å². The molecule has 11 heteroatoms. The average Bonchev–Trinajstić information content (AvgIpc) is 3.25. The summed E-state index contributed by atoms with van der Waals surface area (Å²) in [5, 5.41) is 13.1. The van der Waals surface area contributed by atoms with E-state index in [0.717, 1.165) is 11.3 Å². The van der Waals surface area contributed by atoms with Crippen LogP contribution in [0.5, 0.6) is 0 Å². The first-order valence-electron chi connectivity index (χ1n) is 9.44. The normalized spacial score (nSPS) is 16.2. The Labute approximate surface area is 176 Å². The molecule has 0 saturated carbocycles. The van der Waals surface area contributed by atoms with E-state index < -0.39 is 11.7 Å². The van der Waals surface area contributed by atoms with Crippen molar-refractivity contribution in [1.82, 2.24) is 20.4 Å². The number of hydrogen-bond donors (Lipinski definition) is 2. The van der Waals surface area contributed by atoms with Gasteiger partial charge in [0.25, 0.3) is 11.8 Å². The van der Waals surface area contributed by atoms with Gasteiger partial charge in [-0.1, -0.05) is 11.3 Å². The molecule has 1 aromatic carbocycles. The van der Waals surface area contributed by atoms with E-state index in [9.17, 15) is 18.8 Å². The Kier molecular flexibility index (Phi) is 7.41. The molecule has 2 heterocycles. The first-order chi connectivity index (χ1) is 14.5. The molecule has 1 aromatic heterocycles. The number of hydrogen-bond acceptors (Lipinski definition) is 7. The van der Waals surface area contributed by atoms with E-state index in [2.05, 4.69) is 20.8 Å². The molecule has 1 saturated heterocycles. The van der Waals surface area contributed by atoms with Gasteiger partial charge in [0.15, 0.2) is 0 Å². The molecule has 2 N–H and O–H groups in total. The molecule has 160 valence electrons. The van der Waals surface area contributed by atoms with Crippen LogP contribution in [0.1, 0.15) is 32.4 Å². The number of benzene rings is 1. The highest BCUT2D eigenvalue weighted by atomic mass is 32.1. The van der Waals surface area contributed by atoms with Crippen LogP contribution < -0.4 is 10.6 Å². The van der Waals surface area contributed by atoms with Crippen LogP contribution >= 0.6 is 11.3 Å². The number of likely N-dealkylation sites (tertiary alicyclic amines) is 1. The second-order valence-corrected chi connectivity index (χ2v) is 7.73. The van der Waals surface area contributed by atoms with Crippen molar-refractivity contribution >= 4 is 34.7 Å². The number of amides is 3. The maximum Gasteiger partial charge on any atom is 0.286 e. The zero-order valence-corrected chi connectivity index (χ0v) is 17.2. The van der Waals surface area contributed by atoms with E-state index >= 15 is 0 Å². The second kappa shape index (κ2) is 10.2. The van der Waals surface area contributed by atoms with Crippen LogP contribution in [0.25, 0.3) is 0 Å². The monoisotopic (exact) mass is 435 g/mol. The predicted octanol–water partition coefficient (Wildman–Crippen LogP) is 1.54. The molecule has 30 heavy (non-hydrogen) atoms. The summed E-state index contributed by atoms with van der Waals surface area (Å²) in [7, 11) is 1.56. The maximum absolute atomic E-state index is 13.0. The van der Waals surface area contributed by atoms with E-state index in [1.165, 1.54) is 24.3 Å². The first-order valence-corrected chi connectivity index (χ1v) is 10.3. The highest BCUT2D eigenvalue weighted by Gasteiger charge is 2.30. The molecule has 0 unspecified atom stereocenters. The van der Waals surface area contributed by atoms with Crippen LogP contribution in [0.3, 0.4) is 0 Å². The van der Waals surface area contributed by atoms with Crippen molar-refractivity contribution in [2.75, 3.05) is 38.7 Å². The summed E-state index contributed by atoms with van der Waals surface area (Å²) in [5.41, 5.74) is 0.405. The van der Waals surface area contributed by atoms with Gasteiger partial charge in [0.2, 0.25) is 15.9 Å². The van der Waals surface area contributed by atoms with Crippen molar-refractivity contribution in [2.24, 2.45) is 5.92 Å². The highest BCUT2D eigenvalue weighted by molar-refractivity contribution is 7.15. The van der Waals surface area contributed by atoms with Gasteiger partial charge in [0, 0.05) is 32.4 Å². The van der Waals surface area contributed by atoms with Gasteiger partial charge in [-0.15, -0.1) is 10.2 Å². The molecule has 1 atom stereocenters. The van der Waals surface area contributed by atoms with Gasteiger partial charge in [-0.25, -0.2) is 4.39 Å². The predicted molar refractivity (Wildman–Crippen MR) is 108 cm³/mol. The SMILES string of the molecule is COCCNC(=O)[C@@H]1CCCN(C(=O)c2nnc(C(=O)Nc3ccc(F)cc3)s2)C1. The molecule has 0 bridgehead atoms. The number of aromatic nitrogens is 2. The van der Waals surface area contributed by atoms with Crippen LogP contribution in [-0.4, -0.2) is 66.2 Å². The smallest absolute Gasteiger partial charge is 0.286 e. The molecule has 3 rings (SSSR count). The van der Waals surface area contributed by atoms with E-state index in [1.807, 2.05) is 0 Å². The molecule has 1 aliphatic heterocycles. The molecule has 0 aliphatic carbocycles. The number of rotatable bonds is 7. The summed E-state index contributed by atoms with van der Waals surface area (Å²) in [6, 6.07) is 5.30. The lowest BCUT2D eigenvalue weighted by atomic mass is 9.97. The van der Waals surface area contributed by atoms with Gasteiger partial charge in [-0.2, -0.15) is 0 Å². The maximum atomic E-state index is 13.0. The minimum atomic E-state index is -0.535. The van der Waals surface area contributed by atoms with Gasteiger partial charge < -0.3 is 20.3 Å². The van der Waals surface area contributed by atoms with Crippen molar-refractivity contribution < 1.29 is 23.5 Å². The number of nitrogens with zero attached hydrogens (tertiary/aromatic N) is 3. The lowest BCUT2D eigenvalue weighted by Crippen LogP contribution is -2.45. The number of piperidine rings is 1. The quantitative estimate of drug-likeness (QED) is 0.638. The molecule has 3 amide bonds. The second-order valence-electron chi connectivity index (χ2n) is 6.75. The lowest BCUT2D eigenvalue weighted by molar-refractivity contribution is -0.126. The third-order valence-electron chi connectivity index (χ3n) is 4.59. The van der Waals surface area contributed by atoms with Crippen LogP contribution in [0, 0.1) is 11.7 Å². The Balaban J connectivity index is 1.59. The van der Waals surface area contributed by atoms with Crippen LogP contribution in [0.4, 0.5) is 10.1 Å². The first kappa shape index (κ1) is 21.8. The Morgan fingerprint density at radius 2 is 1.97 bits per heavy atom. The van der Waals surface area contributed by atoms with E-state index in [1.54, 1.807) is 12.0 Å². The molecule has 0 radical (unpaired) electrons. The van der Waals surface area contributed by atoms with Gasteiger partial charge in [0.1, 0.15) is 5.82 Å². The fourth-order valence-corrected chi connectivity index (χ4v) is 3.76. The molecule has 1 fully saturated rings. The van der Waals surface area contributed by atoms with Crippen molar-refractivity contribution in [1.29, 1.82) is 0 Å². The molecule has 9 nitrogen and oxygen atoms in total. The summed E-state index contributed by atoms with van der Waals surface area (Å²) in [5.74, 6) is -1.71. The number of anilines is 1. The van der Waals surface area contributed by atoms with Gasteiger partial charge >= 0.3 is 0 Å². The Bertz CT molecular complexity index is 905. The fourth-order valence-electron chi connectivity index (χ4n) is 3.05. The number of carbonyl (C=O) groups excluding carboxylic acids is 3. The number of halogens is 1. The Morgan fingerprint density at radius 3 is 2.70 bits per heavy atom. The van der Waals surface area contributed by atoms with Crippen LogP contribution in [0.2, 0.25) is 0 Å². The molecular weight excluding hydrogens is 413 g/mol. The molecule has 2 aromatic rings. The molecular formula is C19H22FN5O4S. The minimum Gasteiger partial charge on any atom is -0.383 e. The van der Waals surface area contributed by atoms with E-state index in [0.29, 0.717) is 38.2 Å². The third-order valence-corrected chi connectivity index (χ3v) is 5.50. The zero-order valence-electron chi connectivity index (χ0n) is 16.4. The topological polar surface area (TPSA) is 114 Å². The molecule has 1 aliphatic rings. The van der Waals surface area contributed by atoms with Crippen molar-refractivity contribution in [3.8, 4) is 0 Å². The summed E-state index contributed by atoms with van der Waals surface area (Å²) in [6.45, 7) is 1.64. The molecule has 0 spiro atoms. The van der Waals surface area contributed by atoms with Gasteiger partial charge in [-0.05, 0) is 37.1 Å². The van der Waals surface area contributed by atoms with Crippen molar-refractivity contribution in [3.05, 3.63) is 40.1 Å². The Hall–Kier alpha value is -2.92. The van der Waals surface area contributed by atoms with Crippen LogP contribution in [-0.2, 0) is 9.53 Å². The number of nitrogens with one attached hydrogen (secondary N) is 2. The van der Waals surface area contributed by atoms with E-state index in [4.69, 9.17) is 4.74 Å². The van der Waals surface area contributed by atoms with E-state index in [-0.39, 0.29) is 34.3 Å². The fraction of sp³-hybridized carbons (Fsp3) is 0.421. The van der Waals surface area contributed by atoms with Crippen LogP contribution in [0.15, 0.2) is 24.3 Å². The Morgan fingerprint density at radius 1 is 1.23 bits per heavy atom. The highest BCUT2D eigenvalue weighted by Crippen LogP contribution is 2.21. The number of carbonyl (C=O) groups is 3. The summed E-state index contributed by atoms with van der Waals surface area (Å²) in [6.07, 6.45) is 1.40. The number of ether oxygens (including phenoxy) is 1. The largest absolute Gasteiger partial charge is 0.383 e. The summed E-state index contributed by atoms with van der Waals surface area (Å²) >= 11 is 0.875. The third kappa shape index (κ3) is 5.57.